The number of nitrogens with zero attached hydrogens (tertiary/aromatic N) is 1. The second-order valence-corrected chi connectivity index (χ2v) is 11.0. The monoisotopic (exact) mass is 420 g/mol. The number of halogens is 2. The average Bonchev–Trinajstić information content (AvgIpc) is 3.34. The van der Waals surface area contributed by atoms with Gasteiger partial charge in [0.1, 0.15) is 11.4 Å². The molecule has 0 spiro atoms. The van der Waals surface area contributed by atoms with Crippen LogP contribution in [0.5, 0.6) is 0 Å². The average molecular weight is 421 g/mol. The largest absolute Gasteiger partial charge is 0.384 e. The van der Waals surface area contributed by atoms with Gasteiger partial charge in [-0.3, -0.25) is 4.79 Å². The third-order valence-corrected chi connectivity index (χ3v) is 9.76. The SMILES string of the molecule is C[C@]12CC[C@H]3[C@@H](CC[C@H]4C[C@@](O)(C(F)F)CC[C@@H]43)[C@@H]1CC[C@@H]2C(=O)Cc1cnc[nH]1. The van der Waals surface area contributed by atoms with E-state index in [1.165, 1.54) is 0 Å². The molecule has 0 saturated heterocycles. The zero-order chi connectivity index (χ0) is 21.1. The molecule has 1 heterocycles. The molecule has 30 heavy (non-hydrogen) atoms. The molecular weight excluding hydrogens is 386 g/mol. The first-order valence-electron chi connectivity index (χ1n) is 11.8. The Labute approximate surface area is 177 Å². The van der Waals surface area contributed by atoms with Gasteiger partial charge in [-0.1, -0.05) is 6.92 Å². The van der Waals surface area contributed by atoms with E-state index in [0.29, 0.717) is 35.9 Å². The number of Topliss-reactive ketones (excluding diaryl/α,β-unsaturated/α-hetero) is 1. The Morgan fingerprint density at radius 1 is 1.17 bits per heavy atom. The van der Waals surface area contributed by atoms with Crippen LogP contribution in [0, 0.1) is 40.9 Å². The molecule has 0 unspecified atom stereocenters. The molecule has 1 aromatic rings. The van der Waals surface area contributed by atoms with Gasteiger partial charge in [0.25, 0.3) is 6.43 Å². The van der Waals surface area contributed by atoms with Gasteiger partial charge in [0.15, 0.2) is 0 Å². The molecular formula is C24H34F2N2O2. The maximum absolute atomic E-state index is 13.4. The topological polar surface area (TPSA) is 66.0 Å². The van der Waals surface area contributed by atoms with Crippen molar-refractivity contribution in [3.05, 3.63) is 18.2 Å². The zero-order valence-electron chi connectivity index (χ0n) is 17.8. The number of alkyl halides is 2. The normalized spacial score (nSPS) is 45.6. The lowest BCUT2D eigenvalue weighted by molar-refractivity contribution is -0.160. The van der Waals surface area contributed by atoms with Gasteiger partial charge in [0.2, 0.25) is 0 Å². The zero-order valence-corrected chi connectivity index (χ0v) is 17.8. The maximum atomic E-state index is 13.4. The molecule has 4 saturated carbocycles. The van der Waals surface area contributed by atoms with Crippen LogP contribution >= 0.6 is 0 Å². The number of hydrogen-bond donors (Lipinski definition) is 2. The van der Waals surface area contributed by atoms with Gasteiger partial charge >= 0.3 is 0 Å². The fraction of sp³-hybridized carbons (Fsp3) is 0.833. The summed E-state index contributed by atoms with van der Waals surface area (Å²) in [4.78, 5) is 20.3. The summed E-state index contributed by atoms with van der Waals surface area (Å²) in [5.41, 5.74) is -0.798. The number of aromatic nitrogens is 2. The molecule has 4 aliphatic carbocycles. The van der Waals surface area contributed by atoms with Gasteiger partial charge in [-0.25, -0.2) is 13.8 Å². The van der Waals surface area contributed by atoms with Gasteiger partial charge in [-0.05, 0) is 92.8 Å². The lowest BCUT2D eigenvalue weighted by Gasteiger charge is -2.57. The Kier molecular flexibility index (Phi) is 5.07. The lowest BCUT2D eigenvalue weighted by atomic mass is 9.49. The summed E-state index contributed by atoms with van der Waals surface area (Å²) < 4.78 is 26.8. The second-order valence-electron chi connectivity index (χ2n) is 11.0. The van der Waals surface area contributed by atoms with Crippen molar-refractivity contribution in [2.24, 2.45) is 40.9 Å². The highest BCUT2D eigenvalue weighted by Gasteiger charge is 2.59. The van der Waals surface area contributed by atoms with Crippen molar-refractivity contribution >= 4 is 5.78 Å². The first kappa shape index (κ1) is 20.6. The van der Waals surface area contributed by atoms with Crippen molar-refractivity contribution < 1.29 is 18.7 Å². The summed E-state index contributed by atoms with van der Waals surface area (Å²) >= 11 is 0. The highest BCUT2D eigenvalue weighted by molar-refractivity contribution is 5.84. The number of carbonyl (C=O) groups excluding carboxylic acids is 1. The molecule has 0 aromatic carbocycles. The van der Waals surface area contributed by atoms with E-state index in [-0.39, 0.29) is 30.1 Å². The lowest BCUT2D eigenvalue weighted by Crippen LogP contribution is -2.53. The number of rotatable bonds is 4. The summed E-state index contributed by atoms with van der Waals surface area (Å²) in [6.45, 7) is 2.35. The summed E-state index contributed by atoms with van der Waals surface area (Å²) in [5.74, 6) is 2.97. The van der Waals surface area contributed by atoms with Gasteiger partial charge in [0.05, 0.1) is 6.33 Å². The highest BCUT2D eigenvalue weighted by atomic mass is 19.3. The van der Waals surface area contributed by atoms with E-state index in [9.17, 15) is 18.7 Å². The number of carbonyl (C=O) groups is 1. The van der Waals surface area contributed by atoms with Crippen molar-refractivity contribution in [2.75, 3.05) is 0 Å². The third-order valence-electron chi connectivity index (χ3n) is 9.76. The molecule has 2 N–H and O–H groups in total. The van der Waals surface area contributed by atoms with Crippen LogP contribution in [0.4, 0.5) is 8.78 Å². The summed E-state index contributed by atoms with van der Waals surface area (Å²) in [5, 5.41) is 10.4. The van der Waals surface area contributed by atoms with E-state index >= 15 is 0 Å². The van der Waals surface area contributed by atoms with Gasteiger partial charge in [-0.15, -0.1) is 0 Å². The summed E-state index contributed by atoms with van der Waals surface area (Å²) in [7, 11) is 0. The van der Waals surface area contributed by atoms with E-state index in [4.69, 9.17) is 0 Å². The molecule has 4 fully saturated rings. The van der Waals surface area contributed by atoms with E-state index in [1.807, 2.05) is 0 Å². The molecule has 4 aliphatic rings. The Bertz CT molecular complexity index is 784. The van der Waals surface area contributed by atoms with Crippen molar-refractivity contribution in [3.63, 3.8) is 0 Å². The first-order valence-corrected chi connectivity index (χ1v) is 11.8. The van der Waals surface area contributed by atoms with Gasteiger partial charge < -0.3 is 10.1 Å². The molecule has 0 radical (unpaired) electrons. The number of imidazole rings is 1. The second kappa shape index (κ2) is 7.39. The molecule has 5 rings (SSSR count). The predicted molar refractivity (Wildman–Crippen MR) is 109 cm³/mol. The molecule has 0 amide bonds. The first-order chi connectivity index (χ1) is 14.3. The number of aliphatic hydroxyl groups is 1. The molecule has 8 atom stereocenters. The fourth-order valence-electron chi connectivity index (χ4n) is 8.33. The van der Waals surface area contributed by atoms with Crippen LogP contribution in [0.1, 0.15) is 70.4 Å². The Hall–Kier alpha value is -1.30. The van der Waals surface area contributed by atoms with Crippen molar-refractivity contribution in [1.82, 2.24) is 9.97 Å². The smallest absolute Gasteiger partial charge is 0.266 e. The quantitative estimate of drug-likeness (QED) is 0.736. The number of hydrogen-bond acceptors (Lipinski definition) is 3. The van der Waals surface area contributed by atoms with E-state index in [2.05, 4.69) is 16.9 Å². The van der Waals surface area contributed by atoms with Crippen LogP contribution in [0.3, 0.4) is 0 Å². The molecule has 4 nitrogen and oxygen atoms in total. The molecule has 166 valence electrons. The van der Waals surface area contributed by atoms with Crippen LogP contribution in [0.25, 0.3) is 0 Å². The van der Waals surface area contributed by atoms with Crippen molar-refractivity contribution in [1.29, 1.82) is 0 Å². The third kappa shape index (κ3) is 3.16. The number of nitrogens with one attached hydrogen (secondary N) is 1. The van der Waals surface area contributed by atoms with Gasteiger partial charge in [-0.2, -0.15) is 0 Å². The van der Waals surface area contributed by atoms with E-state index in [1.54, 1.807) is 12.5 Å². The number of fused-ring (bicyclic) bond motifs is 5. The number of ketones is 1. The van der Waals surface area contributed by atoms with E-state index < -0.39 is 12.0 Å². The maximum Gasteiger partial charge on any atom is 0.266 e. The van der Waals surface area contributed by atoms with Crippen LogP contribution in [0.15, 0.2) is 12.5 Å². The number of aromatic amines is 1. The Morgan fingerprint density at radius 2 is 1.97 bits per heavy atom. The minimum Gasteiger partial charge on any atom is -0.384 e. The highest BCUT2D eigenvalue weighted by Crippen LogP contribution is 2.65. The molecule has 1 aromatic heterocycles. The van der Waals surface area contributed by atoms with Crippen LogP contribution < -0.4 is 0 Å². The van der Waals surface area contributed by atoms with Crippen LogP contribution in [0.2, 0.25) is 0 Å². The minimum absolute atomic E-state index is 0.0729. The summed E-state index contributed by atoms with van der Waals surface area (Å²) in [6, 6.07) is 0. The van der Waals surface area contributed by atoms with Crippen molar-refractivity contribution in [2.45, 2.75) is 83.2 Å². The Morgan fingerprint density at radius 3 is 2.70 bits per heavy atom. The van der Waals surface area contributed by atoms with E-state index in [0.717, 1.165) is 50.6 Å². The standard InChI is InChI=1S/C24H34F2N2O2/c1-23-8-6-17-16-7-9-24(30,22(25)26)11-14(16)2-3-18(17)19(23)4-5-20(23)21(29)10-15-12-27-13-28-15/h12-14,16-20,22,30H,2-11H2,1H3,(H,27,28)/t14-,16-,17+,18+,19-,20+,23-,24+/m0/s1. The number of H-pyrrole nitrogens is 1. The molecule has 0 aliphatic heterocycles. The molecule has 6 heteroatoms. The van der Waals surface area contributed by atoms with Gasteiger partial charge in [0, 0.05) is 24.2 Å². The van der Waals surface area contributed by atoms with Crippen LogP contribution in [-0.4, -0.2) is 32.9 Å². The van der Waals surface area contributed by atoms with Crippen LogP contribution in [-0.2, 0) is 11.2 Å². The summed E-state index contributed by atoms with van der Waals surface area (Å²) in [6.07, 6.45) is 8.74. The minimum atomic E-state index is -2.64. The fourth-order valence-corrected chi connectivity index (χ4v) is 8.33. The van der Waals surface area contributed by atoms with Crippen molar-refractivity contribution in [3.8, 4) is 0 Å². The Balaban J connectivity index is 1.30. The predicted octanol–water partition coefficient (Wildman–Crippen LogP) is 4.79. The molecule has 0 bridgehead atoms.